The second-order valence-corrected chi connectivity index (χ2v) is 16.0. The second kappa shape index (κ2) is 14.1. The monoisotopic (exact) mass is 777 g/mol. The van der Waals surface area contributed by atoms with Gasteiger partial charge in [-0.2, -0.15) is 0 Å². The Morgan fingerprint density at radius 2 is 0.820 bits per heavy atom. The van der Waals surface area contributed by atoms with E-state index in [9.17, 15) is 0 Å². The molecule has 286 valence electrons. The molecule has 0 amide bonds. The van der Waals surface area contributed by atoms with Crippen molar-refractivity contribution >= 4 is 27.8 Å². The number of anilines is 3. The molecule has 0 N–H and O–H groups in total. The zero-order chi connectivity index (χ0) is 40.3. The van der Waals surface area contributed by atoms with Crippen LogP contribution in [-0.4, -0.2) is 0 Å². The molecular formula is C59H39NO. The third kappa shape index (κ3) is 5.57. The average molecular weight is 778 g/mol. The highest BCUT2D eigenvalue weighted by Crippen LogP contribution is 2.57. The molecule has 10 aromatic carbocycles. The minimum atomic E-state index is -0.502. The first kappa shape index (κ1) is 35.0. The highest BCUT2D eigenvalue weighted by molar-refractivity contribution is 6.04. The Labute approximate surface area is 356 Å². The zero-order valence-corrected chi connectivity index (χ0v) is 33.4. The number of rotatable bonds is 7. The molecule has 0 radical (unpaired) electrons. The average Bonchev–Trinajstić information content (AvgIpc) is 3.63. The molecule has 0 saturated heterocycles. The van der Waals surface area contributed by atoms with Crippen LogP contribution in [0, 0.1) is 0 Å². The van der Waals surface area contributed by atoms with Crippen molar-refractivity contribution in [2.75, 3.05) is 4.90 Å². The number of nitrogens with zero attached hydrogens (tertiary/aromatic N) is 1. The van der Waals surface area contributed by atoms with Crippen LogP contribution in [0.4, 0.5) is 17.1 Å². The van der Waals surface area contributed by atoms with Crippen LogP contribution in [0.5, 0.6) is 11.5 Å². The Kier molecular flexibility index (Phi) is 8.11. The third-order valence-electron chi connectivity index (χ3n) is 12.7. The Bertz CT molecular complexity index is 3200. The van der Waals surface area contributed by atoms with Crippen LogP contribution in [0.2, 0.25) is 0 Å². The minimum Gasteiger partial charge on any atom is -0.456 e. The van der Waals surface area contributed by atoms with Crippen molar-refractivity contribution in [2.24, 2.45) is 0 Å². The van der Waals surface area contributed by atoms with E-state index in [4.69, 9.17) is 4.74 Å². The lowest BCUT2D eigenvalue weighted by Gasteiger charge is -2.35. The third-order valence-corrected chi connectivity index (χ3v) is 12.7. The molecule has 0 saturated carbocycles. The Balaban J connectivity index is 1.000. The van der Waals surface area contributed by atoms with Gasteiger partial charge in [-0.3, -0.25) is 0 Å². The summed E-state index contributed by atoms with van der Waals surface area (Å²) >= 11 is 0. The van der Waals surface area contributed by atoms with Crippen molar-refractivity contribution in [3.05, 3.63) is 259 Å². The summed E-state index contributed by atoms with van der Waals surface area (Å²) in [5.74, 6) is 1.79. The van der Waals surface area contributed by atoms with Gasteiger partial charge in [0, 0.05) is 28.0 Å². The van der Waals surface area contributed by atoms with Gasteiger partial charge in [-0.25, -0.2) is 0 Å². The van der Waals surface area contributed by atoms with Gasteiger partial charge in [-0.1, -0.05) is 182 Å². The maximum Gasteiger partial charge on any atom is 0.135 e. The number of benzene rings is 10. The molecule has 1 aliphatic carbocycles. The number of hydrogen-bond donors (Lipinski definition) is 0. The van der Waals surface area contributed by atoms with E-state index in [-0.39, 0.29) is 0 Å². The van der Waals surface area contributed by atoms with Gasteiger partial charge in [0.05, 0.1) is 5.41 Å². The van der Waals surface area contributed by atoms with Crippen molar-refractivity contribution in [1.29, 1.82) is 0 Å². The quantitative estimate of drug-likeness (QED) is 0.160. The number of hydrogen-bond acceptors (Lipinski definition) is 2. The molecule has 2 heteroatoms. The number of ether oxygens (including phenoxy) is 1. The Morgan fingerprint density at radius 3 is 1.51 bits per heavy atom. The summed E-state index contributed by atoms with van der Waals surface area (Å²) in [5, 5.41) is 2.37. The lowest BCUT2D eigenvalue weighted by molar-refractivity contribution is 0.487. The van der Waals surface area contributed by atoms with Gasteiger partial charge >= 0.3 is 0 Å². The van der Waals surface area contributed by atoms with E-state index in [1.54, 1.807) is 0 Å². The lowest BCUT2D eigenvalue weighted by Crippen LogP contribution is -2.28. The normalized spacial score (nSPS) is 12.9. The molecule has 12 rings (SSSR count). The van der Waals surface area contributed by atoms with Gasteiger partial charge in [0.25, 0.3) is 0 Å². The fourth-order valence-corrected chi connectivity index (χ4v) is 10.00. The summed E-state index contributed by atoms with van der Waals surface area (Å²) in [5.41, 5.74) is 17.3. The van der Waals surface area contributed by atoms with E-state index in [0.29, 0.717) is 0 Å². The van der Waals surface area contributed by atoms with Crippen LogP contribution in [0.3, 0.4) is 0 Å². The lowest BCUT2D eigenvalue weighted by atomic mass is 9.67. The molecule has 1 aliphatic heterocycles. The predicted octanol–water partition coefficient (Wildman–Crippen LogP) is 15.8. The van der Waals surface area contributed by atoms with Crippen molar-refractivity contribution in [3.63, 3.8) is 0 Å². The maximum absolute atomic E-state index is 6.56. The molecule has 0 atom stereocenters. The van der Waals surface area contributed by atoms with Crippen LogP contribution in [0.15, 0.2) is 237 Å². The molecule has 2 aliphatic rings. The van der Waals surface area contributed by atoms with E-state index in [1.165, 1.54) is 60.8 Å². The topological polar surface area (TPSA) is 12.5 Å². The van der Waals surface area contributed by atoms with Gasteiger partial charge in [0.2, 0.25) is 0 Å². The maximum atomic E-state index is 6.56. The second-order valence-electron chi connectivity index (χ2n) is 16.0. The highest BCUT2D eigenvalue weighted by Gasteiger charge is 2.46. The number of fused-ring (bicyclic) bond motifs is 5. The zero-order valence-electron chi connectivity index (χ0n) is 33.4. The predicted molar refractivity (Wildman–Crippen MR) is 252 cm³/mol. The van der Waals surface area contributed by atoms with Crippen molar-refractivity contribution in [1.82, 2.24) is 0 Å². The summed E-state index contributed by atoms with van der Waals surface area (Å²) in [6, 6.07) is 86.0. The van der Waals surface area contributed by atoms with Crippen LogP contribution in [0.1, 0.15) is 22.3 Å². The first-order valence-corrected chi connectivity index (χ1v) is 21.0. The molecular weight excluding hydrogens is 739 g/mol. The molecule has 61 heavy (non-hydrogen) atoms. The van der Waals surface area contributed by atoms with E-state index in [2.05, 4.69) is 241 Å². The first-order valence-electron chi connectivity index (χ1n) is 21.0. The smallest absolute Gasteiger partial charge is 0.135 e. The summed E-state index contributed by atoms with van der Waals surface area (Å²) in [6.45, 7) is 0. The molecule has 0 bridgehead atoms. The van der Waals surface area contributed by atoms with E-state index in [0.717, 1.165) is 45.3 Å². The molecule has 0 aromatic heterocycles. The van der Waals surface area contributed by atoms with Gasteiger partial charge in [-0.15, -0.1) is 0 Å². The van der Waals surface area contributed by atoms with E-state index < -0.39 is 5.41 Å². The van der Waals surface area contributed by atoms with E-state index in [1.807, 2.05) is 0 Å². The highest BCUT2D eigenvalue weighted by atomic mass is 16.5. The standard InChI is InChI=1S/C59H39NO/c1-4-14-40(15-5-1)41-26-31-47(32-27-41)60(48-33-28-42(29-34-48)44-30-36-52-53-23-12-16-43-17-13-25-56(58(43)53)61-57(52)38-44)49-35-37-51-50-22-10-11-24-54(50)59(55(51)39-49,45-18-6-2-7-19-45)46-20-8-3-9-21-46/h1-39H. The fourth-order valence-electron chi connectivity index (χ4n) is 10.00. The van der Waals surface area contributed by atoms with Crippen molar-refractivity contribution in [2.45, 2.75) is 5.41 Å². The summed E-state index contributed by atoms with van der Waals surface area (Å²) in [6.07, 6.45) is 0. The van der Waals surface area contributed by atoms with Gasteiger partial charge < -0.3 is 9.64 Å². The van der Waals surface area contributed by atoms with Crippen LogP contribution in [-0.2, 0) is 5.41 Å². The van der Waals surface area contributed by atoms with Crippen molar-refractivity contribution in [3.8, 4) is 56.0 Å². The molecule has 0 fully saturated rings. The Morgan fingerprint density at radius 1 is 0.311 bits per heavy atom. The summed E-state index contributed by atoms with van der Waals surface area (Å²) in [4.78, 5) is 2.40. The minimum absolute atomic E-state index is 0.502. The SMILES string of the molecule is c1ccc(-c2ccc(N(c3ccc(-c4ccc5c(c4)Oc4cccc6cccc-5c46)cc3)c3ccc4c(c3)C(c3ccccc3)(c3ccccc3)c3ccccc3-4)cc2)cc1. The van der Waals surface area contributed by atoms with Gasteiger partial charge in [0.15, 0.2) is 0 Å². The first-order chi connectivity index (χ1) is 30.2. The van der Waals surface area contributed by atoms with Crippen molar-refractivity contribution < 1.29 is 4.74 Å². The Hall–Kier alpha value is -7.94. The van der Waals surface area contributed by atoms with Gasteiger partial charge in [0.1, 0.15) is 11.5 Å². The molecule has 2 nitrogen and oxygen atoms in total. The van der Waals surface area contributed by atoms with Crippen LogP contribution >= 0.6 is 0 Å². The summed E-state index contributed by atoms with van der Waals surface area (Å²) < 4.78 is 6.56. The molecule has 10 aromatic rings. The fraction of sp³-hybridized carbons (Fsp3) is 0.0169. The van der Waals surface area contributed by atoms with Crippen LogP contribution < -0.4 is 9.64 Å². The molecule has 0 unspecified atom stereocenters. The largest absolute Gasteiger partial charge is 0.456 e. The summed E-state index contributed by atoms with van der Waals surface area (Å²) in [7, 11) is 0. The van der Waals surface area contributed by atoms with Gasteiger partial charge in [-0.05, 0) is 121 Å². The molecule has 0 spiro atoms. The van der Waals surface area contributed by atoms with E-state index >= 15 is 0 Å². The van der Waals surface area contributed by atoms with Crippen LogP contribution in [0.25, 0.3) is 55.3 Å². The molecule has 1 heterocycles.